The van der Waals surface area contributed by atoms with Crippen molar-refractivity contribution in [1.29, 1.82) is 0 Å². The maximum absolute atomic E-state index is 14.2. The molecule has 0 radical (unpaired) electrons. The number of anilines is 2. The number of halogens is 1. The summed E-state index contributed by atoms with van der Waals surface area (Å²) in [5.74, 6) is 0.399. The topological polar surface area (TPSA) is 38.3 Å². The molecule has 30 heavy (non-hydrogen) atoms. The van der Waals surface area contributed by atoms with Crippen molar-refractivity contribution < 1.29 is 13.9 Å². The van der Waals surface area contributed by atoms with Gasteiger partial charge in [-0.15, -0.1) is 0 Å². The number of allylic oxidation sites excluding steroid dienone is 1. The fourth-order valence-electron chi connectivity index (χ4n) is 3.08. The highest BCUT2D eigenvalue weighted by atomic mass is 19.1. The highest BCUT2D eigenvalue weighted by molar-refractivity contribution is 6.01. The number of ether oxygens (including phenoxy) is 1. The van der Waals surface area contributed by atoms with E-state index >= 15 is 0 Å². The maximum atomic E-state index is 14.2. The Hall–Kier alpha value is -3.40. The molecular formula is C26H26FNO2. The van der Waals surface area contributed by atoms with E-state index in [0.717, 1.165) is 22.6 Å². The molecule has 3 nitrogen and oxygen atoms in total. The van der Waals surface area contributed by atoms with Gasteiger partial charge in [0.25, 0.3) is 0 Å². The molecule has 0 aliphatic heterocycles. The summed E-state index contributed by atoms with van der Waals surface area (Å²) in [4.78, 5) is 12.9. The van der Waals surface area contributed by atoms with Crippen LogP contribution in [0.15, 0.2) is 78.9 Å². The molecule has 0 aliphatic rings. The number of para-hydroxylation sites is 1. The smallest absolute Gasteiger partial charge is 0.165 e. The summed E-state index contributed by atoms with van der Waals surface area (Å²) in [6.45, 7) is 6.32. The van der Waals surface area contributed by atoms with Gasteiger partial charge in [-0.05, 0) is 74.4 Å². The van der Waals surface area contributed by atoms with Gasteiger partial charge >= 0.3 is 0 Å². The molecule has 154 valence electrons. The minimum Gasteiger partial charge on any atom is -0.494 e. The molecule has 4 heteroatoms. The third-order valence-electron chi connectivity index (χ3n) is 4.97. The van der Waals surface area contributed by atoms with Crippen molar-refractivity contribution in [1.82, 2.24) is 0 Å². The van der Waals surface area contributed by atoms with Crippen molar-refractivity contribution in [3.63, 3.8) is 0 Å². The second kappa shape index (κ2) is 9.40. The molecule has 3 rings (SSSR count). The van der Waals surface area contributed by atoms with E-state index in [1.807, 2.05) is 75.4 Å². The van der Waals surface area contributed by atoms with Gasteiger partial charge in [-0.25, -0.2) is 4.39 Å². The van der Waals surface area contributed by atoms with Gasteiger partial charge in [0.2, 0.25) is 0 Å². The summed E-state index contributed by atoms with van der Waals surface area (Å²) in [5.41, 5.74) is 2.12. The maximum Gasteiger partial charge on any atom is 0.165 e. The van der Waals surface area contributed by atoms with E-state index in [1.165, 1.54) is 6.07 Å². The summed E-state index contributed by atoms with van der Waals surface area (Å²) in [6, 6.07) is 21.7. The molecule has 0 saturated carbocycles. The Morgan fingerprint density at radius 1 is 1.03 bits per heavy atom. The van der Waals surface area contributed by atoms with Crippen molar-refractivity contribution in [2.24, 2.45) is 0 Å². The van der Waals surface area contributed by atoms with E-state index in [0.29, 0.717) is 12.3 Å². The molecule has 3 aromatic carbocycles. The molecule has 0 aromatic heterocycles. The van der Waals surface area contributed by atoms with E-state index < -0.39 is 5.41 Å². The zero-order valence-electron chi connectivity index (χ0n) is 17.5. The summed E-state index contributed by atoms with van der Waals surface area (Å²) < 4.78 is 19.7. The Bertz CT molecular complexity index is 1020. The summed E-state index contributed by atoms with van der Waals surface area (Å²) >= 11 is 0. The lowest BCUT2D eigenvalue weighted by atomic mass is 9.80. The van der Waals surface area contributed by atoms with Crippen LogP contribution in [0.2, 0.25) is 0 Å². The Morgan fingerprint density at radius 3 is 2.40 bits per heavy atom. The minimum absolute atomic E-state index is 0.0337. The van der Waals surface area contributed by atoms with Gasteiger partial charge < -0.3 is 10.1 Å². The fraction of sp³-hybridized carbons (Fsp3) is 0.192. The quantitative estimate of drug-likeness (QED) is 0.435. The third kappa shape index (κ3) is 5.15. The van der Waals surface area contributed by atoms with Crippen LogP contribution in [-0.4, -0.2) is 12.4 Å². The standard InChI is InChI=1S/C26H26FNO2/c1-4-30-22-14-12-20(13-15-22)26(2,3)25(29)17-11-19-10-16-23(27)24(18-19)28-21-8-6-5-7-9-21/h5-18,28H,4H2,1-3H3/b17-11+. The monoisotopic (exact) mass is 403 g/mol. The molecule has 0 unspecified atom stereocenters. The first-order valence-electron chi connectivity index (χ1n) is 9.97. The van der Waals surface area contributed by atoms with E-state index in [2.05, 4.69) is 5.32 Å². The zero-order chi connectivity index (χ0) is 21.6. The summed E-state index contributed by atoms with van der Waals surface area (Å²) in [7, 11) is 0. The molecule has 0 aliphatic carbocycles. The Kier molecular flexibility index (Phi) is 6.68. The van der Waals surface area contributed by atoms with Gasteiger partial charge in [-0.1, -0.05) is 42.5 Å². The number of benzene rings is 3. The number of hydrogen-bond acceptors (Lipinski definition) is 3. The van der Waals surface area contributed by atoms with Gasteiger partial charge in [0.1, 0.15) is 11.6 Å². The van der Waals surface area contributed by atoms with Crippen LogP contribution in [0.4, 0.5) is 15.8 Å². The lowest BCUT2D eigenvalue weighted by Gasteiger charge is -2.22. The number of nitrogens with one attached hydrogen (secondary N) is 1. The van der Waals surface area contributed by atoms with Gasteiger partial charge in [0.15, 0.2) is 5.78 Å². The molecule has 0 heterocycles. The fourth-order valence-corrected chi connectivity index (χ4v) is 3.08. The Labute approximate surface area is 177 Å². The largest absolute Gasteiger partial charge is 0.494 e. The van der Waals surface area contributed by atoms with Crippen molar-refractivity contribution in [3.05, 3.63) is 95.8 Å². The molecule has 3 aromatic rings. The first-order valence-corrected chi connectivity index (χ1v) is 9.97. The third-order valence-corrected chi connectivity index (χ3v) is 4.97. The lowest BCUT2D eigenvalue weighted by Crippen LogP contribution is -2.27. The van der Waals surface area contributed by atoms with Crippen LogP contribution in [0.5, 0.6) is 5.75 Å². The highest BCUT2D eigenvalue weighted by Gasteiger charge is 2.27. The second-order valence-corrected chi connectivity index (χ2v) is 7.51. The van der Waals surface area contributed by atoms with Gasteiger partial charge in [-0.3, -0.25) is 4.79 Å². The SMILES string of the molecule is CCOc1ccc(C(C)(C)C(=O)/C=C/c2ccc(F)c(Nc3ccccc3)c2)cc1. The van der Waals surface area contributed by atoms with Crippen LogP contribution in [0, 0.1) is 5.82 Å². The highest BCUT2D eigenvalue weighted by Crippen LogP contribution is 2.28. The normalized spacial score (nSPS) is 11.5. The first kappa shape index (κ1) is 21.3. The van der Waals surface area contributed by atoms with Crippen molar-refractivity contribution in [2.45, 2.75) is 26.2 Å². The Balaban J connectivity index is 1.75. The van der Waals surface area contributed by atoms with Crippen molar-refractivity contribution in [2.75, 3.05) is 11.9 Å². The molecule has 0 bridgehead atoms. The van der Waals surface area contributed by atoms with E-state index in [-0.39, 0.29) is 11.6 Å². The molecule has 1 N–H and O–H groups in total. The molecule has 0 spiro atoms. The van der Waals surface area contributed by atoms with E-state index in [9.17, 15) is 9.18 Å². The number of ketones is 1. The number of carbonyl (C=O) groups is 1. The van der Waals surface area contributed by atoms with Crippen LogP contribution >= 0.6 is 0 Å². The number of carbonyl (C=O) groups excluding carboxylic acids is 1. The number of hydrogen-bond donors (Lipinski definition) is 1. The molecular weight excluding hydrogens is 377 g/mol. The van der Waals surface area contributed by atoms with Crippen LogP contribution in [0.3, 0.4) is 0 Å². The lowest BCUT2D eigenvalue weighted by molar-refractivity contribution is -0.118. The molecule has 0 fully saturated rings. The average molecular weight is 403 g/mol. The van der Waals surface area contributed by atoms with E-state index in [1.54, 1.807) is 24.3 Å². The first-order chi connectivity index (χ1) is 14.4. The van der Waals surface area contributed by atoms with Gasteiger partial charge in [-0.2, -0.15) is 0 Å². The Morgan fingerprint density at radius 2 is 1.73 bits per heavy atom. The van der Waals surface area contributed by atoms with Gasteiger partial charge in [0, 0.05) is 5.69 Å². The summed E-state index contributed by atoms with van der Waals surface area (Å²) in [5, 5.41) is 3.07. The predicted octanol–water partition coefficient (Wildman–Crippen LogP) is 6.53. The predicted molar refractivity (Wildman–Crippen MR) is 121 cm³/mol. The molecule has 0 saturated heterocycles. The van der Waals surface area contributed by atoms with Crippen molar-refractivity contribution in [3.8, 4) is 5.75 Å². The zero-order valence-corrected chi connectivity index (χ0v) is 17.5. The second-order valence-electron chi connectivity index (χ2n) is 7.51. The number of rotatable bonds is 8. The summed E-state index contributed by atoms with van der Waals surface area (Å²) in [6.07, 6.45) is 3.27. The van der Waals surface area contributed by atoms with Gasteiger partial charge in [0.05, 0.1) is 17.7 Å². The van der Waals surface area contributed by atoms with Crippen LogP contribution in [-0.2, 0) is 10.2 Å². The average Bonchev–Trinajstić information content (AvgIpc) is 2.75. The van der Waals surface area contributed by atoms with Crippen LogP contribution in [0.1, 0.15) is 31.9 Å². The molecule has 0 atom stereocenters. The molecule has 0 amide bonds. The van der Waals surface area contributed by atoms with Crippen LogP contribution in [0.25, 0.3) is 6.08 Å². The van der Waals surface area contributed by atoms with E-state index in [4.69, 9.17) is 4.74 Å². The van der Waals surface area contributed by atoms with Crippen molar-refractivity contribution >= 4 is 23.2 Å². The minimum atomic E-state index is -0.688. The van der Waals surface area contributed by atoms with Crippen LogP contribution < -0.4 is 10.1 Å².